The molecule has 2 heterocycles. The van der Waals surface area contributed by atoms with Gasteiger partial charge in [0.1, 0.15) is 48.8 Å². The van der Waals surface area contributed by atoms with E-state index in [9.17, 15) is 40.9 Å². The molecule has 7 fully saturated rings. The van der Waals surface area contributed by atoms with Gasteiger partial charge in [0, 0.05) is 0 Å². The van der Waals surface area contributed by atoms with Crippen molar-refractivity contribution in [3.63, 3.8) is 0 Å². The number of ether oxygens (including phenoxy) is 4. The lowest BCUT2D eigenvalue weighted by molar-refractivity contribution is -0.383. The van der Waals surface area contributed by atoms with Crippen LogP contribution in [0.2, 0.25) is 0 Å². The number of hydrogen-bond donors (Lipinski definition) is 8. The quantitative estimate of drug-likeness (QED) is 0.140. The smallest absolute Gasteiger partial charge is 0.187 e. The van der Waals surface area contributed by atoms with Crippen LogP contribution in [0, 0.1) is 56.7 Å². The van der Waals surface area contributed by atoms with Gasteiger partial charge >= 0.3 is 0 Å². The zero-order valence-electron chi connectivity index (χ0n) is 33.5. The Morgan fingerprint density at radius 1 is 0.667 bits per heavy atom. The number of aliphatic hydroxyl groups excluding tert-OH is 8. The van der Waals surface area contributed by atoms with Crippen molar-refractivity contribution in [3.8, 4) is 0 Å². The molecule has 310 valence electrons. The van der Waals surface area contributed by atoms with E-state index in [0.717, 1.165) is 19.3 Å². The van der Waals surface area contributed by atoms with E-state index in [1.165, 1.54) is 37.7 Å². The molecular weight excluding hydrogens is 696 g/mol. The molecule has 0 amide bonds. The molecule has 8 N–H and O–H groups in total. The van der Waals surface area contributed by atoms with Crippen LogP contribution in [0.1, 0.15) is 106 Å². The van der Waals surface area contributed by atoms with Gasteiger partial charge < -0.3 is 59.8 Å². The van der Waals surface area contributed by atoms with E-state index in [0.29, 0.717) is 35.5 Å². The largest absolute Gasteiger partial charge is 0.394 e. The van der Waals surface area contributed by atoms with Crippen LogP contribution in [-0.4, -0.2) is 128 Å². The van der Waals surface area contributed by atoms with Gasteiger partial charge in [0.2, 0.25) is 0 Å². The van der Waals surface area contributed by atoms with Crippen molar-refractivity contribution in [2.45, 2.75) is 180 Å². The lowest BCUT2D eigenvalue weighted by Gasteiger charge is -2.73. The topological polar surface area (TPSA) is 199 Å². The molecule has 2 aliphatic heterocycles. The number of rotatable bonds is 7. The van der Waals surface area contributed by atoms with Crippen LogP contribution in [0.15, 0.2) is 12.2 Å². The third-order valence-corrected chi connectivity index (χ3v) is 17.6. The Morgan fingerprint density at radius 2 is 1.30 bits per heavy atom. The maximum Gasteiger partial charge on any atom is 0.187 e. The number of hydrogen-bond acceptors (Lipinski definition) is 12. The predicted octanol–water partition coefficient (Wildman–Crippen LogP) is 2.64. The molecule has 0 radical (unpaired) electrons. The second kappa shape index (κ2) is 14.2. The highest BCUT2D eigenvalue weighted by Gasteiger charge is 2.71. The van der Waals surface area contributed by atoms with Crippen molar-refractivity contribution < 1.29 is 59.8 Å². The molecule has 0 unspecified atom stereocenters. The summed E-state index contributed by atoms with van der Waals surface area (Å²) in [5, 5.41) is 85.6. The standard InChI is InChI=1S/C42H70O12/c1-20(2)21-11-13-39(5)15-16-41(7)22(28(21)39)9-10-27-40(6)17-23(45)35(38(3,4)26(40)12-14-42(27,41)8)54-37-34(32(49)30(47)25(19-44)52-37)53-36-33(50)31(48)29(46)24(18-43)51-36/h21-37,43-50H,1,9-19H2,2-8H3/t21-,22+,23+,24+,25+,26-,27+,28+,29+,30+,31-,32-,33+,34+,35-,36-,37-,39+,40-,41+,42+/m0/s1. The van der Waals surface area contributed by atoms with E-state index >= 15 is 0 Å². The zero-order valence-corrected chi connectivity index (χ0v) is 33.5. The molecule has 0 spiro atoms. The molecule has 0 aromatic heterocycles. The SMILES string of the molecule is C=C(C)[C@@H]1CC[C@]2(C)CC[C@]3(C)[C@H](CC[C@@H]4[C@@]5(C)C[C@@H](O)[C@H](O[C@@H]6O[C@H](CO)[C@@H](O)[C@H](O)[C@H]6O[C@@H]6O[C@H](CO)[C@@H](O)[C@H](O)[C@H]6O)C(C)(C)[C@@H]5CC[C@]43C)[C@@H]12. The van der Waals surface area contributed by atoms with Crippen LogP contribution in [0.3, 0.4) is 0 Å². The van der Waals surface area contributed by atoms with Crippen molar-refractivity contribution in [2.24, 2.45) is 56.7 Å². The summed E-state index contributed by atoms with van der Waals surface area (Å²) in [6.45, 7) is 19.8. The molecule has 7 aliphatic rings. The fourth-order valence-electron chi connectivity index (χ4n) is 14.7. The van der Waals surface area contributed by atoms with Crippen molar-refractivity contribution in [2.75, 3.05) is 13.2 Å². The van der Waals surface area contributed by atoms with Crippen molar-refractivity contribution in [1.82, 2.24) is 0 Å². The maximum absolute atomic E-state index is 12.2. The molecule has 12 nitrogen and oxygen atoms in total. The van der Waals surface area contributed by atoms with Gasteiger partial charge in [-0.2, -0.15) is 0 Å². The van der Waals surface area contributed by atoms with E-state index < -0.39 is 92.2 Å². The van der Waals surface area contributed by atoms with E-state index in [2.05, 4.69) is 55.0 Å². The van der Waals surface area contributed by atoms with Crippen molar-refractivity contribution in [1.29, 1.82) is 0 Å². The van der Waals surface area contributed by atoms with Crippen LogP contribution in [0.25, 0.3) is 0 Å². The summed E-state index contributed by atoms with van der Waals surface area (Å²) in [7, 11) is 0. The zero-order chi connectivity index (χ0) is 39.5. The number of fused-ring (bicyclic) bond motifs is 7. The summed E-state index contributed by atoms with van der Waals surface area (Å²) in [6, 6.07) is 0. The lowest BCUT2D eigenvalue weighted by Crippen LogP contribution is -2.69. The van der Waals surface area contributed by atoms with Gasteiger partial charge in [-0.3, -0.25) is 0 Å². The van der Waals surface area contributed by atoms with E-state index in [1.54, 1.807) is 0 Å². The van der Waals surface area contributed by atoms with Crippen LogP contribution in [0.5, 0.6) is 0 Å². The molecule has 0 aromatic rings. The van der Waals surface area contributed by atoms with E-state index in [4.69, 9.17) is 18.9 Å². The number of allylic oxidation sites excluding steroid dienone is 1. The summed E-state index contributed by atoms with van der Waals surface area (Å²) in [5.41, 5.74) is 1.22. The van der Waals surface area contributed by atoms with Crippen molar-refractivity contribution >= 4 is 0 Å². The Balaban J connectivity index is 1.15. The monoisotopic (exact) mass is 766 g/mol. The van der Waals surface area contributed by atoms with Crippen LogP contribution >= 0.6 is 0 Å². The van der Waals surface area contributed by atoms with Gasteiger partial charge in [0.05, 0.1) is 25.4 Å². The van der Waals surface area contributed by atoms with Gasteiger partial charge in [0.25, 0.3) is 0 Å². The van der Waals surface area contributed by atoms with Crippen LogP contribution < -0.4 is 0 Å². The molecule has 5 aliphatic carbocycles. The highest BCUT2D eigenvalue weighted by Crippen LogP contribution is 2.77. The normalized spacial score (nSPS) is 57.0. The summed E-state index contributed by atoms with van der Waals surface area (Å²) in [6.07, 6.45) is -7.27. The van der Waals surface area contributed by atoms with E-state index in [1.807, 2.05) is 0 Å². The summed E-state index contributed by atoms with van der Waals surface area (Å²) < 4.78 is 24.2. The second-order valence-corrected chi connectivity index (χ2v) is 20.5. The van der Waals surface area contributed by atoms with Gasteiger partial charge in [-0.1, -0.05) is 53.7 Å². The third kappa shape index (κ3) is 5.97. The molecule has 21 atom stereocenters. The Labute approximate surface area is 321 Å². The minimum atomic E-state index is -1.77. The first-order chi connectivity index (χ1) is 25.2. The molecule has 54 heavy (non-hydrogen) atoms. The maximum atomic E-state index is 12.2. The Kier molecular flexibility index (Phi) is 10.9. The summed E-state index contributed by atoms with van der Waals surface area (Å²) in [4.78, 5) is 0. The second-order valence-electron chi connectivity index (χ2n) is 20.5. The average Bonchev–Trinajstić information content (AvgIpc) is 3.47. The minimum absolute atomic E-state index is 0.0968. The Morgan fingerprint density at radius 3 is 1.93 bits per heavy atom. The fourth-order valence-corrected chi connectivity index (χ4v) is 14.7. The average molecular weight is 767 g/mol. The first-order valence-corrected chi connectivity index (χ1v) is 20.8. The van der Waals surface area contributed by atoms with Gasteiger partial charge in [0.15, 0.2) is 12.6 Å². The molecule has 12 heteroatoms. The first kappa shape index (κ1) is 41.4. The molecule has 0 bridgehead atoms. The third-order valence-electron chi connectivity index (χ3n) is 17.6. The van der Waals surface area contributed by atoms with Crippen LogP contribution in [-0.2, 0) is 18.9 Å². The molecule has 0 aromatic carbocycles. The van der Waals surface area contributed by atoms with Crippen molar-refractivity contribution in [3.05, 3.63) is 12.2 Å². The lowest BCUT2D eigenvalue weighted by atomic mass is 9.32. The molecular formula is C42H70O12. The molecule has 5 saturated carbocycles. The highest BCUT2D eigenvalue weighted by atomic mass is 16.8. The Hall–Kier alpha value is -0.740. The van der Waals surface area contributed by atoms with E-state index in [-0.39, 0.29) is 22.2 Å². The summed E-state index contributed by atoms with van der Waals surface area (Å²) >= 11 is 0. The van der Waals surface area contributed by atoms with Gasteiger partial charge in [-0.05, 0) is 121 Å². The first-order valence-electron chi connectivity index (χ1n) is 20.8. The predicted molar refractivity (Wildman–Crippen MR) is 197 cm³/mol. The van der Waals surface area contributed by atoms with Gasteiger partial charge in [-0.15, -0.1) is 0 Å². The fraction of sp³-hybridized carbons (Fsp3) is 0.952. The number of aliphatic hydroxyl groups is 8. The molecule has 2 saturated heterocycles. The molecule has 7 rings (SSSR count). The van der Waals surface area contributed by atoms with Crippen LogP contribution in [0.4, 0.5) is 0 Å². The minimum Gasteiger partial charge on any atom is -0.394 e. The highest BCUT2D eigenvalue weighted by molar-refractivity contribution is 5.21. The summed E-state index contributed by atoms with van der Waals surface area (Å²) in [5.74, 6) is 2.47. The van der Waals surface area contributed by atoms with Gasteiger partial charge in [-0.25, -0.2) is 0 Å². The Bertz CT molecular complexity index is 1390.